The summed E-state index contributed by atoms with van der Waals surface area (Å²) in [6, 6.07) is 9.96. The maximum atomic E-state index is 10.9. The maximum Gasteiger partial charge on any atom is 0.335 e. The molecule has 0 saturated heterocycles. The zero-order valence-corrected chi connectivity index (χ0v) is 12.4. The number of carbonyl (C=O) groups is 1. The van der Waals surface area contributed by atoms with Crippen LogP contribution in [0.25, 0.3) is 0 Å². The lowest BCUT2D eigenvalue weighted by atomic mass is 10.2. The van der Waals surface area contributed by atoms with Crippen LogP contribution in [0.4, 0.5) is 0 Å². The molecule has 6 heteroatoms. The molecule has 0 radical (unpaired) electrons. The van der Waals surface area contributed by atoms with Gasteiger partial charge in [0, 0.05) is 14.8 Å². The third-order valence-electron chi connectivity index (χ3n) is 2.28. The minimum Gasteiger partial charge on any atom is -0.478 e. The Morgan fingerprint density at radius 1 is 1.00 bits per heavy atom. The highest BCUT2D eigenvalue weighted by Crippen LogP contribution is 2.39. The topological polar surface area (TPSA) is 37.3 Å². The van der Waals surface area contributed by atoms with Crippen LogP contribution < -0.4 is 0 Å². The number of rotatable bonds is 3. The molecule has 0 amide bonds. The summed E-state index contributed by atoms with van der Waals surface area (Å²) in [5.41, 5.74) is 0.0652. The lowest BCUT2D eigenvalue weighted by molar-refractivity contribution is 0.0697. The van der Waals surface area contributed by atoms with Crippen molar-refractivity contribution >= 4 is 52.5 Å². The molecule has 0 spiro atoms. The van der Waals surface area contributed by atoms with Gasteiger partial charge in [0.2, 0.25) is 0 Å². The molecule has 2 nitrogen and oxygen atoms in total. The minimum absolute atomic E-state index is 0.0652. The Balaban J connectivity index is 2.35. The second kappa shape index (κ2) is 6.06. The first-order valence-corrected chi connectivity index (χ1v) is 7.08. The van der Waals surface area contributed by atoms with E-state index in [0.717, 1.165) is 4.90 Å². The molecule has 0 aromatic heterocycles. The van der Waals surface area contributed by atoms with E-state index in [4.69, 9.17) is 39.9 Å². The molecule has 0 fully saturated rings. The summed E-state index contributed by atoms with van der Waals surface area (Å²) in [4.78, 5) is 12.4. The van der Waals surface area contributed by atoms with Gasteiger partial charge >= 0.3 is 5.97 Å². The standard InChI is InChI=1S/C13H7Cl3O2S/c14-8-1-3-9(4-2-8)19-12-10(15)5-7(13(17)18)6-11(12)16/h1-6H,(H,17,18). The van der Waals surface area contributed by atoms with Crippen LogP contribution in [-0.4, -0.2) is 11.1 Å². The van der Waals surface area contributed by atoms with E-state index in [9.17, 15) is 4.79 Å². The fraction of sp³-hybridized carbons (Fsp3) is 0. The first-order chi connectivity index (χ1) is 8.97. The Morgan fingerprint density at radius 2 is 1.53 bits per heavy atom. The van der Waals surface area contributed by atoms with E-state index in [2.05, 4.69) is 0 Å². The summed E-state index contributed by atoms with van der Waals surface area (Å²) in [5.74, 6) is -1.06. The van der Waals surface area contributed by atoms with Crippen molar-refractivity contribution < 1.29 is 9.90 Å². The molecule has 19 heavy (non-hydrogen) atoms. The number of carboxylic acids is 1. The largest absolute Gasteiger partial charge is 0.478 e. The molecule has 0 aliphatic rings. The molecule has 2 rings (SSSR count). The number of carboxylic acid groups (broad SMARTS) is 1. The van der Waals surface area contributed by atoms with Crippen LogP contribution in [0.1, 0.15) is 10.4 Å². The van der Waals surface area contributed by atoms with Gasteiger partial charge in [0.15, 0.2) is 0 Å². The second-order valence-corrected chi connectivity index (χ2v) is 5.96. The van der Waals surface area contributed by atoms with Crippen molar-refractivity contribution in [3.8, 4) is 0 Å². The third-order valence-corrected chi connectivity index (χ3v) is 4.50. The van der Waals surface area contributed by atoms with E-state index in [1.54, 1.807) is 12.1 Å². The average Bonchev–Trinajstić information content (AvgIpc) is 2.35. The molecular weight excluding hydrogens is 327 g/mol. The van der Waals surface area contributed by atoms with Gasteiger partial charge in [-0.3, -0.25) is 0 Å². The van der Waals surface area contributed by atoms with E-state index in [-0.39, 0.29) is 5.56 Å². The fourth-order valence-corrected chi connectivity index (χ4v) is 3.07. The van der Waals surface area contributed by atoms with Gasteiger partial charge in [0.1, 0.15) is 0 Å². The number of benzene rings is 2. The van der Waals surface area contributed by atoms with Gasteiger partial charge in [-0.25, -0.2) is 4.79 Å². The van der Waals surface area contributed by atoms with E-state index in [1.807, 2.05) is 12.1 Å². The van der Waals surface area contributed by atoms with Gasteiger partial charge in [0.05, 0.1) is 15.6 Å². The van der Waals surface area contributed by atoms with Crippen LogP contribution in [0.15, 0.2) is 46.2 Å². The van der Waals surface area contributed by atoms with Crippen LogP contribution >= 0.6 is 46.6 Å². The Hall–Kier alpha value is -0.870. The van der Waals surface area contributed by atoms with E-state index < -0.39 is 5.97 Å². The predicted molar refractivity (Wildman–Crippen MR) is 79.0 cm³/mol. The third kappa shape index (κ3) is 3.57. The van der Waals surface area contributed by atoms with Gasteiger partial charge in [-0.1, -0.05) is 46.6 Å². The summed E-state index contributed by atoms with van der Waals surface area (Å²) < 4.78 is 0. The fourth-order valence-electron chi connectivity index (χ4n) is 1.40. The molecular formula is C13H7Cl3O2S. The highest BCUT2D eigenvalue weighted by Gasteiger charge is 2.13. The number of hydrogen-bond donors (Lipinski definition) is 1. The molecule has 0 unspecified atom stereocenters. The van der Waals surface area contributed by atoms with Crippen molar-refractivity contribution in [3.05, 3.63) is 57.0 Å². The minimum atomic E-state index is -1.06. The lowest BCUT2D eigenvalue weighted by Gasteiger charge is -2.08. The summed E-state index contributed by atoms with van der Waals surface area (Å²) in [6.45, 7) is 0. The zero-order chi connectivity index (χ0) is 14.0. The van der Waals surface area contributed by atoms with Crippen molar-refractivity contribution in [2.75, 3.05) is 0 Å². The molecule has 0 atom stereocenters. The predicted octanol–water partition coefficient (Wildman–Crippen LogP) is 5.50. The van der Waals surface area contributed by atoms with E-state index >= 15 is 0 Å². The Bertz CT molecular complexity index is 603. The molecule has 0 aliphatic heterocycles. The Kier molecular flexibility index (Phi) is 4.63. The van der Waals surface area contributed by atoms with Crippen LogP contribution in [-0.2, 0) is 0 Å². The van der Waals surface area contributed by atoms with Crippen molar-refractivity contribution in [2.24, 2.45) is 0 Å². The molecule has 98 valence electrons. The zero-order valence-electron chi connectivity index (χ0n) is 9.36. The highest BCUT2D eigenvalue weighted by molar-refractivity contribution is 7.99. The first kappa shape index (κ1) is 14.5. The molecule has 0 bridgehead atoms. The number of hydrogen-bond acceptors (Lipinski definition) is 2. The smallest absolute Gasteiger partial charge is 0.335 e. The van der Waals surface area contributed by atoms with E-state index in [0.29, 0.717) is 20.0 Å². The molecule has 0 aliphatic carbocycles. The van der Waals surface area contributed by atoms with Gasteiger partial charge in [0.25, 0.3) is 0 Å². The second-order valence-electron chi connectivity index (χ2n) is 3.63. The SMILES string of the molecule is O=C(O)c1cc(Cl)c(Sc2ccc(Cl)cc2)c(Cl)c1. The normalized spacial score (nSPS) is 10.5. The number of halogens is 3. The lowest BCUT2D eigenvalue weighted by Crippen LogP contribution is -1.96. The first-order valence-electron chi connectivity index (χ1n) is 5.13. The van der Waals surface area contributed by atoms with Gasteiger partial charge in [-0.15, -0.1) is 0 Å². The summed E-state index contributed by atoms with van der Waals surface area (Å²) in [6.07, 6.45) is 0. The van der Waals surface area contributed by atoms with Crippen LogP contribution in [0.3, 0.4) is 0 Å². The quantitative estimate of drug-likeness (QED) is 0.806. The highest BCUT2D eigenvalue weighted by atomic mass is 35.5. The monoisotopic (exact) mass is 332 g/mol. The van der Waals surface area contributed by atoms with Crippen LogP contribution in [0.5, 0.6) is 0 Å². The molecule has 0 heterocycles. The summed E-state index contributed by atoms with van der Waals surface area (Å²) in [7, 11) is 0. The van der Waals surface area contributed by atoms with Crippen molar-refractivity contribution in [1.82, 2.24) is 0 Å². The van der Waals surface area contributed by atoms with Gasteiger partial charge in [-0.05, 0) is 36.4 Å². The average molecular weight is 334 g/mol. The number of aromatic carboxylic acids is 1. The Morgan fingerprint density at radius 3 is 2.00 bits per heavy atom. The van der Waals surface area contributed by atoms with Crippen molar-refractivity contribution in [1.29, 1.82) is 0 Å². The summed E-state index contributed by atoms with van der Waals surface area (Å²) >= 11 is 19.3. The van der Waals surface area contributed by atoms with E-state index in [1.165, 1.54) is 23.9 Å². The maximum absolute atomic E-state index is 10.9. The summed E-state index contributed by atoms with van der Waals surface area (Å²) in [5, 5.41) is 10.2. The van der Waals surface area contributed by atoms with Gasteiger partial charge < -0.3 is 5.11 Å². The molecule has 2 aromatic rings. The molecule has 0 saturated carbocycles. The molecule has 1 N–H and O–H groups in total. The van der Waals surface area contributed by atoms with Gasteiger partial charge in [-0.2, -0.15) is 0 Å². The van der Waals surface area contributed by atoms with Crippen molar-refractivity contribution in [3.63, 3.8) is 0 Å². The van der Waals surface area contributed by atoms with Crippen molar-refractivity contribution in [2.45, 2.75) is 9.79 Å². The Labute approximate surface area is 129 Å². The molecule has 2 aromatic carbocycles. The van der Waals surface area contributed by atoms with Crippen LogP contribution in [0, 0.1) is 0 Å². The van der Waals surface area contributed by atoms with Crippen LogP contribution in [0.2, 0.25) is 15.1 Å².